The van der Waals surface area contributed by atoms with Crippen LogP contribution in [0.25, 0.3) is 21.8 Å². The Morgan fingerprint density at radius 1 is 1.12 bits per heavy atom. The molecule has 1 aromatic carbocycles. The number of rotatable bonds is 3. The van der Waals surface area contributed by atoms with Crippen LogP contribution in [0.15, 0.2) is 64.7 Å². The fourth-order valence-electron chi connectivity index (χ4n) is 3.54. The fourth-order valence-corrected chi connectivity index (χ4v) is 4.69. The Morgan fingerprint density at radius 2 is 2.00 bits per heavy atom. The summed E-state index contributed by atoms with van der Waals surface area (Å²) in [5, 5.41) is 0. The zero-order valence-electron chi connectivity index (χ0n) is 17.7. The van der Waals surface area contributed by atoms with Gasteiger partial charge < -0.3 is 16.2 Å². The van der Waals surface area contributed by atoms with Crippen molar-refractivity contribution in [1.82, 2.24) is 9.97 Å². The first-order valence-electron chi connectivity index (χ1n) is 10.3. The normalized spacial score (nSPS) is 13.3. The summed E-state index contributed by atoms with van der Waals surface area (Å²) in [5.41, 5.74) is 14.4. The molecule has 4 N–H and O–H groups in total. The van der Waals surface area contributed by atoms with Gasteiger partial charge in [-0.3, -0.25) is 0 Å². The van der Waals surface area contributed by atoms with Gasteiger partial charge in [-0.1, -0.05) is 0 Å². The van der Waals surface area contributed by atoms with Crippen molar-refractivity contribution >= 4 is 35.0 Å². The Hall–Kier alpha value is -4.18. The van der Waals surface area contributed by atoms with Gasteiger partial charge in [0, 0.05) is 24.2 Å². The summed E-state index contributed by atoms with van der Waals surface area (Å²) >= 11 is 1.40. The fraction of sp³-hybridized carbons (Fsp3) is 0.0833. The van der Waals surface area contributed by atoms with Crippen LogP contribution in [0.5, 0.6) is 5.75 Å². The molecule has 0 amide bonds. The molecule has 3 aromatic heterocycles. The van der Waals surface area contributed by atoms with Crippen LogP contribution in [0.3, 0.4) is 0 Å². The Morgan fingerprint density at radius 3 is 2.76 bits per heavy atom. The molecule has 10 heteroatoms. The summed E-state index contributed by atoms with van der Waals surface area (Å²) in [6.07, 6.45) is 3.40. The minimum absolute atomic E-state index is 0.0365. The van der Waals surface area contributed by atoms with Crippen molar-refractivity contribution in [2.75, 3.05) is 12.3 Å². The topological polar surface area (TPSA) is 112 Å². The van der Waals surface area contributed by atoms with Gasteiger partial charge in [-0.05, 0) is 48.0 Å². The molecular formula is C24H18F2N6OS. The molecule has 7 nitrogen and oxygen atoms in total. The van der Waals surface area contributed by atoms with Crippen LogP contribution in [0.1, 0.15) is 10.4 Å². The molecule has 0 atom stereocenters. The largest absolute Gasteiger partial charge is 0.491 e. The van der Waals surface area contributed by atoms with E-state index in [-0.39, 0.29) is 11.5 Å². The van der Waals surface area contributed by atoms with Crippen molar-refractivity contribution in [2.45, 2.75) is 6.42 Å². The molecule has 34 heavy (non-hydrogen) atoms. The summed E-state index contributed by atoms with van der Waals surface area (Å²) in [5.74, 6) is -0.169. The van der Waals surface area contributed by atoms with Crippen LogP contribution in [-0.2, 0) is 6.42 Å². The first-order chi connectivity index (χ1) is 16.5. The van der Waals surface area contributed by atoms with E-state index in [1.807, 2.05) is 24.3 Å². The van der Waals surface area contributed by atoms with Crippen molar-refractivity contribution in [2.24, 2.45) is 15.7 Å². The number of hydrogen-bond donors (Lipinski definition) is 2. The minimum atomic E-state index is -0.787. The lowest BCUT2D eigenvalue weighted by Gasteiger charge is -2.09. The quantitative estimate of drug-likeness (QED) is 0.328. The van der Waals surface area contributed by atoms with Crippen molar-refractivity contribution in [3.8, 4) is 27.6 Å². The molecule has 0 spiro atoms. The average Bonchev–Trinajstić information content (AvgIpc) is 3.17. The summed E-state index contributed by atoms with van der Waals surface area (Å²) in [6, 6.07) is 12.4. The number of nitrogen functional groups attached to an aromatic ring is 1. The molecule has 0 unspecified atom stereocenters. The molecule has 0 saturated heterocycles. The van der Waals surface area contributed by atoms with Crippen LogP contribution in [0.2, 0.25) is 0 Å². The monoisotopic (exact) mass is 476 g/mol. The highest BCUT2D eigenvalue weighted by Gasteiger charge is 2.23. The van der Waals surface area contributed by atoms with Gasteiger partial charge in [0.15, 0.2) is 11.7 Å². The predicted molar refractivity (Wildman–Crippen MR) is 130 cm³/mol. The number of hydrogen-bond acceptors (Lipinski definition) is 6. The van der Waals surface area contributed by atoms with E-state index in [4.69, 9.17) is 21.2 Å². The summed E-state index contributed by atoms with van der Waals surface area (Å²) in [6.45, 7) is 0.472. The lowest BCUT2D eigenvalue weighted by atomic mass is 10.1. The summed E-state index contributed by atoms with van der Waals surface area (Å²) in [7, 11) is 0. The lowest BCUT2D eigenvalue weighted by molar-refractivity contribution is 0.325. The first-order valence-corrected chi connectivity index (χ1v) is 11.1. The highest BCUT2D eigenvalue weighted by atomic mass is 32.1. The second-order valence-corrected chi connectivity index (χ2v) is 8.44. The van der Waals surface area contributed by atoms with Gasteiger partial charge in [-0.25, -0.2) is 28.7 Å². The zero-order valence-corrected chi connectivity index (χ0v) is 18.5. The molecule has 0 bridgehead atoms. The van der Waals surface area contributed by atoms with Gasteiger partial charge in [-0.2, -0.15) is 0 Å². The standard InChI is InChI=1S/C24H18F2N6OS/c25-15-2-3-18(16(26)10-15)32-24(30-12-27)20-9-13-7-8-33-19-5-4-17(31-22(19)23(13)34-20)14-1-6-21(28)29-11-14/h1-6,9-12H,7-8H2,(H2,28,29)(H2,27,30,32). The molecule has 0 fully saturated rings. The number of halogens is 2. The molecule has 0 radical (unpaired) electrons. The second kappa shape index (κ2) is 8.99. The van der Waals surface area contributed by atoms with Crippen LogP contribution in [0, 0.1) is 11.6 Å². The third kappa shape index (κ3) is 4.23. The van der Waals surface area contributed by atoms with E-state index in [1.165, 1.54) is 17.4 Å². The van der Waals surface area contributed by atoms with Crippen LogP contribution in [-0.4, -0.2) is 28.7 Å². The van der Waals surface area contributed by atoms with E-state index in [0.717, 1.165) is 40.2 Å². The molecule has 1 aliphatic rings. The number of thiophene rings is 1. The number of benzene rings is 1. The van der Waals surface area contributed by atoms with E-state index < -0.39 is 11.6 Å². The Bertz CT molecular complexity index is 1430. The maximum Gasteiger partial charge on any atom is 0.171 e. The zero-order chi connectivity index (χ0) is 23.7. The Kier molecular flexibility index (Phi) is 5.72. The highest BCUT2D eigenvalue weighted by Crippen LogP contribution is 2.41. The maximum absolute atomic E-state index is 14.2. The van der Waals surface area contributed by atoms with Gasteiger partial charge in [-0.15, -0.1) is 11.3 Å². The Labute approximate surface area is 197 Å². The molecule has 0 aliphatic carbocycles. The van der Waals surface area contributed by atoms with Crippen LogP contribution < -0.4 is 16.2 Å². The number of anilines is 1. The number of aromatic nitrogens is 2. The number of nitrogens with zero attached hydrogens (tertiary/aromatic N) is 4. The van der Waals surface area contributed by atoms with Gasteiger partial charge in [0.1, 0.15) is 28.8 Å². The van der Waals surface area contributed by atoms with Crippen LogP contribution >= 0.6 is 11.3 Å². The Balaban J connectivity index is 1.60. The van der Waals surface area contributed by atoms with Crippen molar-refractivity contribution < 1.29 is 13.5 Å². The van der Waals surface area contributed by atoms with Gasteiger partial charge in [0.05, 0.1) is 28.4 Å². The third-order valence-electron chi connectivity index (χ3n) is 5.15. The minimum Gasteiger partial charge on any atom is -0.491 e. The maximum atomic E-state index is 14.2. The van der Waals surface area contributed by atoms with E-state index in [9.17, 15) is 8.78 Å². The lowest BCUT2D eigenvalue weighted by Crippen LogP contribution is -2.01. The molecule has 1 aliphatic heterocycles. The molecule has 0 saturated carbocycles. The van der Waals surface area contributed by atoms with Gasteiger partial charge in [0.2, 0.25) is 0 Å². The number of aliphatic imine (C=N–C) groups is 2. The van der Waals surface area contributed by atoms with Crippen molar-refractivity contribution in [3.63, 3.8) is 0 Å². The third-order valence-corrected chi connectivity index (χ3v) is 6.33. The number of fused-ring (bicyclic) bond motifs is 3. The number of pyridine rings is 2. The predicted octanol–water partition coefficient (Wildman–Crippen LogP) is 4.73. The van der Waals surface area contributed by atoms with Gasteiger partial charge in [0.25, 0.3) is 0 Å². The summed E-state index contributed by atoms with van der Waals surface area (Å²) in [4.78, 5) is 19.0. The highest BCUT2D eigenvalue weighted by molar-refractivity contribution is 7.17. The second-order valence-electron chi connectivity index (χ2n) is 7.39. The smallest absolute Gasteiger partial charge is 0.171 e. The van der Waals surface area contributed by atoms with Crippen molar-refractivity contribution in [3.05, 3.63) is 76.8 Å². The summed E-state index contributed by atoms with van der Waals surface area (Å²) < 4.78 is 33.4. The molecule has 4 aromatic rings. The number of ether oxygens (including phenoxy) is 1. The molecular weight excluding hydrogens is 458 g/mol. The van der Waals surface area contributed by atoms with E-state index in [0.29, 0.717) is 35.2 Å². The van der Waals surface area contributed by atoms with E-state index in [2.05, 4.69) is 15.0 Å². The van der Waals surface area contributed by atoms with Crippen LogP contribution in [0.4, 0.5) is 20.3 Å². The van der Waals surface area contributed by atoms with E-state index in [1.54, 1.807) is 12.3 Å². The molecule has 170 valence electrons. The average molecular weight is 477 g/mol. The van der Waals surface area contributed by atoms with E-state index >= 15 is 0 Å². The number of amidine groups is 1. The SMILES string of the molecule is NC=NC(=Nc1ccc(F)cc1F)c1cc2c(s1)-c1nc(-c3ccc(N)nc3)ccc1OCC2. The molecule has 4 heterocycles. The van der Waals surface area contributed by atoms with Gasteiger partial charge >= 0.3 is 0 Å². The number of nitrogens with two attached hydrogens (primary N) is 2. The molecule has 5 rings (SSSR count). The van der Waals surface area contributed by atoms with Crippen molar-refractivity contribution in [1.29, 1.82) is 0 Å². The first kappa shape index (κ1) is 21.7.